The van der Waals surface area contributed by atoms with E-state index in [0.29, 0.717) is 24.6 Å². The number of fused-ring (bicyclic) bond motifs is 1. The van der Waals surface area contributed by atoms with Gasteiger partial charge in [-0.3, -0.25) is 4.79 Å². The van der Waals surface area contributed by atoms with Crippen molar-refractivity contribution in [1.29, 1.82) is 0 Å². The first-order valence-corrected chi connectivity index (χ1v) is 9.01. The van der Waals surface area contributed by atoms with E-state index < -0.39 is 6.10 Å². The predicted octanol–water partition coefficient (Wildman–Crippen LogP) is 1.47. The summed E-state index contributed by atoms with van der Waals surface area (Å²) in [5.74, 6) is 1.63. The van der Waals surface area contributed by atoms with Crippen LogP contribution >= 0.6 is 0 Å². The summed E-state index contributed by atoms with van der Waals surface area (Å²) in [6.07, 6.45) is 2.39. The number of piperidine rings is 1. The Morgan fingerprint density at radius 2 is 1.92 bits per heavy atom. The van der Waals surface area contributed by atoms with E-state index in [1.54, 1.807) is 19.1 Å². The minimum absolute atomic E-state index is 0.111. The van der Waals surface area contributed by atoms with Crippen LogP contribution in [0.3, 0.4) is 0 Å². The fraction of sp³-hybridized carbons (Fsp3) is 0.632. The lowest BCUT2D eigenvalue weighted by Crippen LogP contribution is -2.41. The molecule has 2 aliphatic heterocycles. The number of ether oxygens (including phenoxy) is 2. The van der Waals surface area contributed by atoms with Gasteiger partial charge < -0.3 is 24.8 Å². The number of benzene rings is 1. The van der Waals surface area contributed by atoms with Crippen LogP contribution in [-0.2, 0) is 11.3 Å². The van der Waals surface area contributed by atoms with Crippen molar-refractivity contribution in [2.75, 3.05) is 33.9 Å². The third-order valence-electron chi connectivity index (χ3n) is 6.19. The number of nitrogens with zero attached hydrogens (tertiary/aromatic N) is 1. The number of rotatable bonds is 3. The first-order valence-electron chi connectivity index (χ1n) is 9.01. The SMILES string of the molecule is COc1ccc(OC)c2c1CN(C(=O)C1CC13CCNCC3)CC2O. The smallest absolute Gasteiger partial charge is 0.226 e. The van der Waals surface area contributed by atoms with Gasteiger partial charge in [0, 0.05) is 23.6 Å². The molecule has 1 spiro atoms. The van der Waals surface area contributed by atoms with Gasteiger partial charge in [-0.05, 0) is 49.9 Å². The summed E-state index contributed by atoms with van der Waals surface area (Å²) in [5.41, 5.74) is 1.80. The summed E-state index contributed by atoms with van der Waals surface area (Å²) in [5, 5.41) is 14.0. The number of amides is 1. The molecule has 1 amide bonds. The molecule has 2 heterocycles. The first-order chi connectivity index (χ1) is 12.1. The highest BCUT2D eigenvalue weighted by Gasteiger charge is 2.58. The Kier molecular flexibility index (Phi) is 4.12. The van der Waals surface area contributed by atoms with E-state index in [2.05, 4.69) is 5.32 Å². The lowest BCUT2D eigenvalue weighted by molar-refractivity contribution is -0.136. The molecule has 2 unspecified atom stereocenters. The number of carbonyl (C=O) groups excluding carboxylic acids is 1. The van der Waals surface area contributed by atoms with Gasteiger partial charge in [0.15, 0.2) is 0 Å². The van der Waals surface area contributed by atoms with Crippen LogP contribution in [0.4, 0.5) is 0 Å². The average molecular weight is 346 g/mol. The molecule has 4 rings (SSSR count). The molecule has 0 radical (unpaired) electrons. The summed E-state index contributed by atoms with van der Waals surface area (Å²) >= 11 is 0. The summed E-state index contributed by atoms with van der Waals surface area (Å²) < 4.78 is 10.9. The Bertz CT molecular complexity index is 684. The number of nitrogens with one attached hydrogen (secondary N) is 1. The van der Waals surface area contributed by atoms with Crippen LogP contribution in [0.5, 0.6) is 11.5 Å². The molecular weight excluding hydrogens is 320 g/mol. The van der Waals surface area contributed by atoms with Gasteiger partial charge in [-0.2, -0.15) is 0 Å². The number of aliphatic hydroxyl groups excluding tert-OH is 1. The number of aliphatic hydroxyl groups is 1. The molecule has 2 N–H and O–H groups in total. The molecule has 6 heteroatoms. The average Bonchev–Trinajstić information content (AvgIpc) is 3.33. The van der Waals surface area contributed by atoms with Crippen molar-refractivity contribution in [3.63, 3.8) is 0 Å². The molecule has 1 aromatic rings. The molecule has 0 aromatic heterocycles. The van der Waals surface area contributed by atoms with Crippen LogP contribution in [0.2, 0.25) is 0 Å². The zero-order valence-corrected chi connectivity index (χ0v) is 14.9. The van der Waals surface area contributed by atoms with E-state index in [-0.39, 0.29) is 17.2 Å². The number of carbonyl (C=O) groups is 1. The second-order valence-corrected chi connectivity index (χ2v) is 7.47. The molecule has 1 aromatic carbocycles. The second-order valence-electron chi connectivity index (χ2n) is 7.47. The van der Waals surface area contributed by atoms with Gasteiger partial charge in [0.2, 0.25) is 5.91 Å². The van der Waals surface area contributed by atoms with E-state index in [0.717, 1.165) is 43.5 Å². The lowest BCUT2D eigenvalue weighted by atomic mass is 9.90. The summed E-state index contributed by atoms with van der Waals surface area (Å²) in [7, 11) is 3.21. The van der Waals surface area contributed by atoms with Crippen LogP contribution < -0.4 is 14.8 Å². The van der Waals surface area contributed by atoms with Crippen molar-refractivity contribution in [2.45, 2.75) is 31.9 Å². The summed E-state index contributed by atoms with van der Waals surface area (Å²) in [4.78, 5) is 14.9. The van der Waals surface area contributed by atoms with Crippen LogP contribution in [0.1, 0.15) is 36.5 Å². The van der Waals surface area contributed by atoms with E-state index >= 15 is 0 Å². The highest BCUT2D eigenvalue weighted by Crippen LogP contribution is 2.59. The van der Waals surface area contributed by atoms with Gasteiger partial charge in [0.05, 0.1) is 20.8 Å². The third kappa shape index (κ3) is 2.68. The molecule has 3 aliphatic rings. The van der Waals surface area contributed by atoms with Gasteiger partial charge in [-0.25, -0.2) is 0 Å². The maximum absolute atomic E-state index is 13.1. The Labute approximate surface area is 148 Å². The Morgan fingerprint density at radius 3 is 2.60 bits per heavy atom. The standard InChI is InChI=1S/C19H26N2O4/c1-24-15-3-4-16(25-2)17-12(15)10-21(11-14(17)22)18(23)13-9-19(13)5-7-20-8-6-19/h3-4,13-14,20,22H,5-11H2,1-2H3. The zero-order valence-electron chi connectivity index (χ0n) is 14.9. The van der Waals surface area contributed by atoms with Gasteiger partial charge >= 0.3 is 0 Å². The van der Waals surface area contributed by atoms with Crippen LogP contribution in [0.25, 0.3) is 0 Å². The number of hydrogen-bond acceptors (Lipinski definition) is 5. The van der Waals surface area contributed by atoms with Crippen molar-refractivity contribution in [3.8, 4) is 11.5 Å². The van der Waals surface area contributed by atoms with E-state index in [9.17, 15) is 9.90 Å². The van der Waals surface area contributed by atoms with Crippen molar-refractivity contribution in [2.24, 2.45) is 11.3 Å². The molecule has 136 valence electrons. The molecule has 1 saturated heterocycles. The van der Waals surface area contributed by atoms with Gasteiger partial charge in [-0.1, -0.05) is 0 Å². The molecule has 0 bridgehead atoms. The number of β-amino-alcohol motifs (C(OH)–C–C–N with tert-alkyl or cyclic N) is 1. The second kappa shape index (κ2) is 6.18. The lowest BCUT2D eigenvalue weighted by Gasteiger charge is -2.35. The van der Waals surface area contributed by atoms with Gasteiger partial charge in [-0.15, -0.1) is 0 Å². The minimum atomic E-state index is -0.750. The Balaban J connectivity index is 1.58. The number of methoxy groups -OCH3 is 2. The highest BCUT2D eigenvalue weighted by atomic mass is 16.5. The molecule has 25 heavy (non-hydrogen) atoms. The third-order valence-corrected chi connectivity index (χ3v) is 6.19. The fourth-order valence-electron chi connectivity index (χ4n) is 4.64. The molecule has 2 atom stereocenters. The first kappa shape index (κ1) is 16.7. The molecule has 1 aliphatic carbocycles. The van der Waals surface area contributed by atoms with Gasteiger partial charge in [0.25, 0.3) is 0 Å². The number of hydrogen-bond donors (Lipinski definition) is 2. The monoisotopic (exact) mass is 346 g/mol. The molecule has 2 fully saturated rings. The van der Waals surface area contributed by atoms with Crippen molar-refractivity contribution < 1.29 is 19.4 Å². The van der Waals surface area contributed by atoms with Crippen LogP contribution in [-0.4, -0.2) is 49.8 Å². The fourth-order valence-corrected chi connectivity index (χ4v) is 4.64. The van der Waals surface area contributed by atoms with Crippen LogP contribution in [0.15, 0.2) is 12.1 Å². The van der Waals surface area contributed by atoms with E-state index in [1.165, 1.54) is 0 Å². The minimum Gasteiger partial charge on any atom is -0.496 e. The van der Waals surface area contributed by atoms with Crippen LogP contribution in [0, 0.1) is 11.3 Å². The summed E-state index contributed by atoms with van der Waals surface area (Å²) in [6.45, 7) is 2.79. The molecule has 1 saturated carbocycles. The topological polar surface area (TPSA) is 71.0 Å². The maximum atomic E-state index is 13.1. The summed E-state index contributed by atoms with van der Waals surface area (Å²) in [6, 6.07) is 3.65. The highest BCUT2D eigenvalue weighted by molar-refractivity contribution is 5.83. The van der Waals surface area contributed by atoms with E-state index in [1.807, 2.05) is 12.1 Å². The van der Waals surface area contributed by atoms with Crippen molar-refractivity contribution in [1.82, 2.24) is 10.2 Å². The predicted molar refractivity (Wildman–Crippen MR) is 92.6 cm³/mol. The maximum Gasteiger partial charge on any atom is 0.226 e. The Morgan fingerprint density at radius 1 is 1.24 bits per heavy atom. The quantitative estimate of drug-likeness (QED) is 0.867. The van der Waals surface area contributed by atoms with Gasteiger partial charge in [0.1, 0.15) is 17.6 Å². The normalized spacial score (nSPS) is 26.9. The Hall–Kier alpha value is -1.79. The largest absolute Gasteiger partial charge is 0.496 e. The van der Waals surface area contributed by atoms with Crippen molar-refractivity contribution in [3.05, 3.63) is 23.3 Å². The molecular formula is C19H26N2O4. The zero-order chi connectivity index (χ0) is 17.6. The van der Waals surface area contributed by atoms with Crippen molar-refractivity contribution >= 4 is 5.91 Å². The molecule has 6 nitrogen and oxygen atoms in total. The van der Waals surface area contributed by atoms with E-state index in [4.69, 9.17) is 9.47 Å².